The van der Waals surface area contributed by atoms with E-state index in [4.69, 9.17) is 19.2 Å². The number of hydrogen-bond acceptors (Lipinski definition) is 8. The Morgan fingerprint density at radius 1 is 1.26 bits per heavy atom. The molecular formula is C34H42N3O8S+. The van der Waals surface area contributed by atoms with Gasteiger partial charge in [-0.1, -0.05) is 13.0 Å². The number of benzene rings is 1. The van der Waals surface area contributed by atoms with Crippen molar-refractivity contribution in [3.05, 3.63) is 64.0 Å². The van der Waals surface area contributed by atoms with Gasteiger partial charge in [-0.05, 0) is 69.7 Å². The third kappa shape index (κ3) is 5.97. The first-order chi connectivity index (χ1) is 21.6. The molecule has 246 valence electrons. The van der Waals surface area contributed by atoms with Gasteiger partial charge < -0.3 is 29.3 Å². The number of phenols is 1. The minimum Gasteiger partial charge on any atom is -0.508 e. The van der Waals surface area contributed by atoms with Gasteiger partial charge in [0, 0.05) is 34.4 Å². The lowest BCUT2D eigenvalue weighted by Crippen LogP contribution is -2.47. The third-order valence-electron chi connectivity index (χ3n) is 8.20. The third-order valence-corrected chi connectivity index (χ3v) is 10.8. The number of cyclic esters (lactones) is 1. The molecule has 0 spiro atoms. The maximum absolute atomic E-state index is 14.1. The van der Waals surface area contributed by atoms with Crippen LogP contribution in [-0.2, 0) is 37.8 Å². The second-order valence-electron chi connectivity index (χ2n) is 13.1. The van der Waals surface area contributed by atoms with Crippen LogP contribution in [0.4, 0.5) is 4.79 Å². The molecule has 0 fully saturated rings. The molecule has 5 rings (SSSR count). The lowest BCUT2D eigenvalue weighted by atomic mass is 9.85. The molecule has 2 aliphatic rings. The Kier molecular flexibility index (Phi) is 8.71. The minimum absolute atomic E-state index is 0.0256. The average Bonchev–Trinajstić information content (AvgIpc) is 3.32. The molecule has 11 nitrogen and oxygen atoms in total. The van der Waals surface area contributed by atoms with Gasteiger partial charge in [-0.15, -0.1) is 6.58 Å². The van der Waals surface area contributed by atoms with Gasteiger partial charge in [-0.2, -0.15) is 0 Å². The summed E-state index contributed by atoms with van der Waals surface area (Å²) in [7, 11) is -1.47. The molecule has 1 aromatic carbocycles. The van der Waals surface area contributed by atoms with Gasteiger partial charge in [0.2, 0.25) is 0 Å². The number of aromatic hydroxyl groups is 1. The van der Waals surface area contributed by atoms with E-state index in [1.807, 2.05) is 6.08 Å². The number of nitrogens with zero attached hydrogens (tertiary/aromatic N) is 2. The molecule has 3 aromatic rings. The highest BCUT2D eigenvalue weighted by molar-refractivity contribution is 8.33. The molecule has 0 unspecified atom stereocenters. The van der Waals surface area contributed by atoms with Gasteiger partial charge >= 0.3 is 23.6 Å². The zero-order valence-corrected chi connectivity index (χ0v) is 28.0. The smallest absolute Gasteiger partial charge is 0.484 e. The van der Waals surface area contributed by atoms with Gasteiger partial charge in [0.05, 0.1) is 29.0 Å². The van der Waals surface area contributed by atoms with Gasteiger partial charge in [-0.25, -0.2) is 24.6 Å². The first-order valence-electron chi connectivity index (χ1n) is 15.2. The summed E-state index contributed by atoms with van der Waals surface area (Å²) in [5.41, 5.74) is 0.629. The van der Waals surface area contributed by atoms with E-state index in [-0.39, 0.29) is 49.4 Å². The number of esters is 2. The largest absolute Gasteiger partial charge is 0.508 e. The van der Waals surface area contributed by atoms with Gasteiger partial charge in [0.25, 0.3) is 5.56 Å². The predicted octanol–water partition coefficient (Wildman–Crippen LogP) is 5.23. The van der Waals surface area contributed by atoms with Crippen molar-refractivity contribution in [1.82, 2.24) is 14.9 Å². The van der Waals surface area contributed by atoms with Crippen molar-refractivity contribution >= 4 is 39.0 Å². The summed E-state index contributed by atoms with van der Waals surface area (Å²) in [5, 5.41) is 13.8. The highest BCUT2D eigenvalue weighted by Crippen LogP contribution is 2.56. The molecule has 0 saturated heterocycles. The van der Waals surface area contributed by atoms with Crippen LogP contribution >= 0.6 is 10.0 Å². The maximum atomic E-state index is 14.1. The quantitative estimate of drug-likeness (QED) is 0.0821. The Morgan fingerprint density at radius 3 is 2.67 bits per heavy atom. The number of rotatable bonds is 9. The van der Waals surface area contributed by atoms with Crippen LogP contribution in [0.3, 0.4) is 0 Å². The number of carbonyl (C=O) groups is 2. The first-order valence-corrected chi connectivity index (χ1v) is 17.9. The van der Waals surface area contributed by atoms with Crippen molar-refractivity contribution in [2.45, 2.75) is 76.2 Å². The Morgan fingerprint density at radius 2 is 2.00 bits per heavy atom. The second kappa shape index (κ2) is 12.1. The highest BCUT2D eigenvalue weighted by Gasteiger charge is 2.56. The summed E-state index contributed by atoms with van der Waals surface area (Å²) in [6, 6.07) is 6.84. The van der Waals surface area contributed by atoms with E-state index < -0.39 is 39.3 Å². The summed E-state index contributed by atoms with van der Waals surface area (Å²) >= 11 is 0. The Labute approximate surface area is 269 Å². The summed E-state index contributed by atoms with van der Waals surface area (Å²) in [6.45, 7) is 11.2. The molecule has 46 heavy (non-hydrogen) atoms. The van der Waals surface area contributed by atoms with E-state index in [1.165, 1.54) is 0 Å². The van der Waals surface area contributed by atoms with Crippen molar-refractivity contribution in [2.24, 2.45) is 0 Å². The zero-order chi connectivity index (χ0) is 33.6. The molecule has 2 aliphatic heterocycles. The predicted molar refractivity (Wildman–Crippen MR) is 178 cm³/mol. The number of alkyl carbamates (subject to hydrolysis) is 1. The fourth-order valence-corrected chi connectivity index (χ4v) is 8.54. The molecule has 2 aromatic heterocycles. The zero-order valence-electron chi connectivity index (χ0n) is 27.2. The van der Waals surface area contributed by atoms with Crippen LogP contribution in [-0.4, -0.2) is 67.9 Å². The number of carbonyl (C=O) groups excluding carboxylic acids is 3. The van der Waals surface area contributed by atoms with E-state index in [0.717, 1.165) is 21.6 Å². The Balaban J connectivity index is 1.53. The summed E-state index contributed by atoms with van der Waals surface area (Å²) in [4.78, 5) is 56.3. The summed E-state index contributed by atoms with van der Waals surface area (Å²) < 4.78 is 18.4. The molecule has 0 bridgehead atoms. The average molecular weight is 653 g/mol. The lowest BCUT2D eigenvalue weighted by Gasteiger charge is -2.33. The minimum atomic E-state index is -1.76. The number of aromatic nitrogens is 2. The number of ether oxygens (including phenoxy) is 3. The molecule has 12 heteroatoms. The molecule has 0 saturated carbocycles. The van der Waals surface area contributed by atoms with Crippen molar-refractivity contribution in [3.63, 3.8) is 0 Å². The number of fused-ring (bicyclic) bond motifs is 5. The van der Waals surface area contributed by atoms with E-state index >= 15 is 0 Å². The second-order valence-corrected chi connectivity index (χ2v) is 16.9. The van der Waals surface area contributed by atoms with Crippen LogP contribution < -0.4 is 10.9 Å². The van der Waals surface area contributed by atoms with Crippen LogP contribution in [0.25, 0.3) is 22.3 Å². The molecule has 1 amide bonds. The topological polar surface area (TPSA) is 150 Å². The SMILES string of the molecule is C=CCS(C)(C)c1c2c(nc3ccc(O)cc13)-c1cc3c(c(=O)n1C2)COC(=O)[C@@]3(CC)OC(=[OH+])CCCNC(=O)OC(C)(C)C. The summed E-state index contributed by atoms with van der Waals surface area (Å²) in [5.74, 6) is -0.264. The Bertz CT molecular complexity index is 1820. The molecule has 3 N–H and O–H groups in total. The summed E-state index contributed by atoms with van der Waals surface area (Å²) in [6.07, 6.45) is 6.08. The number of pyridine rings is 2. The van der Waals surface area contributed by atoms with E-state index in [9.17, 15) is 24.3 Å². The maximum Gasteiger partial charge on any atom is 0.484 e. The van der Waals surface area contributed by atoms with Crippen LogP contribution in [0.1, 0.15) is 63.6 Å². The van der Waals surface area contributed by atoms with Crippen LogP contribution in [0, 0.1) is 0 Å². The van der Waals surface area contributed by atoms with Crippen LogP contribution in [0.15, 0.2) is 46.6 Å². The van der Waals surface area contributed by atoms with E-state index in [0.29, 0.717) is 28.9 Å². The monoisotopic (exact) mass is 652 g/mol. The van der Waals surface area contributed by atoms with Gasteiger partial charge in [0.15, 0.2) is 0 Å². The molecule has 4 heterocycles. The fraction of sp³-hybridized carbons (Fsp3) is 0.441. The van der Waals surface area contributed by atoms with Crippen LogP contribution in [0.5, 0.6) is 5.75 Å². The first kappa shape index (κ1) is 33.1. The van der Waals surface area contributed by atoms with Crippen molar-refractivity contribution in [3.8, 4) is 17.1 Å². The van der Waals surface area contributed by atoms with Gasteiger partial charge in [-0.3, -0.25) is 9.53 Å². The van der Waals surface area contributed by atoms with Crippen molar-refractivity contribution in [1.29, 1.82) is 0 Å². The molecule has 0 radical (unpaired) electrons. The highest BCUT2D eigenvalue weighted by atomic mass is 32.3. The molecular weight excluding hydrogens is 610 g/mol. The van der Waals surface area contributed by atoms with Gasteiger partial charge in [0.1, 0.15) is 24.4 Å². The van der Waals surface area contributed by atoms with E-state index in [1.54, 1.807) is 56.5 Å². The Hall–Kier alpha value is -4.32. The van der Waals surface area contributed by atoms with Crippen LogP contribution in [0.2, 0.25) is 0 Å². The number of nitrogens with one attached hydrogen (secondary N) is 1. The van der Waals surface area contributed by atoms with E-state index in [2.05, 4.69) is 24.4 Å². The molecule has 0 aliphatic carbocycles. The number of hydrogen-bond donors (Lipinski definition) is 2. The number of phenolic OH excluding ortho intramolecular Hbond substituents is 1. The normalized spacial score (nSPS) is 17.4. The number of amides is 1. The standard InChI is InChI=1S/C34H41N3O8S/c1-8-15-46(6,7)29-21-16-20(38)12-13-25(21)36-28-22(29)18-37-26(28)17-24-23(30(37)40)19-43-31(41)34(24,9-2)44-27(39)11-10-14-35-32(42)45-33(3,4)5/h8,12-13,16-17,38H,1,9-11,14-15,18-19H2,2-7H3,(H,35,42)/p+1/t34-/m0/s1. The van der Waals surface area contributed by atoms with Crippen molar-refractivity contribution in [2.75, 3.05) is 24.8 Å². The molecule has 1 atom stereocenters. The fourth-order valence-electron chi connectivity index (χ4n) is 6.19. The van der Waals surface area contributed by atoms with Crippen molar-refractivity contribution < 1.29 is 33.7 Å². The lowest BCUT2D eigenvalue weighted by molar-refractivity contribution is -0.171.